The maximum Gasteiger partial charge on any atom is 0.422 e. The number of halogens is 4. The quantitative estimate of drug-likeness (QED) is 0.0865. The van der Waals surface area contributed by atoms with Gasteiger partial charge in [-0.3, -0.25) is 14.4 Å². The molecule has 5 N–H and O–H groups in total. The number of aromatic nitrogens is 3. The third-order valence-corrected chi connectivity index (χ3v) is 9.16. The first-order valence-corrected chi connectivity index (χ1v) is 17.4. The van der Waals surface area contributed by atoms with Gasteiger partial charge in [0.05, 0.1) is 5.54 Å². The van der Waals surface area contributed by atoms with E-state index in [0.29, 0.717) is 23.6 Å². The average Bonchev–Trinajstić information content (AvgIpc) is 3.92. The van der Waals surface area contributed by atoms with Crippen LogP contribution < -0.4 is 26.0 Å². The van der Waals surface area contributed by atoms with Gasteiger partial charge in [0.1, 0.15) is 6.04 Å². The SMILES string of the molecule is O=C(CC1CCCCCC1)C(=O)NCC[C@H](NC(=O)c1ccc(Nc2nc(NC3(c4ccc(Cl)cc4)CC3)nc(OCC(F)(F)F)n2)cc1)C(=O)O. The summed E-state index contributed by atoms with van der Waals surface area (Å²) in [5, 5.41) is 21.1. The van der Waals surface area contributed by atoms with Crippen LogP contribution in [-0.4, -0.2) is 69.0 Å². The number of rotatable bonds is 16. The zero-order valence-corrected chi connectivity index (χ0v) is 28.9. The van der Waals surface area contributed by atoms with Gasteiger partial charge < -0.3 is 31.1 Å². The summed E-state index contributed by atoms with van der Waals surface area (Å²) >= 11 is 6.02. The van der Waals surface area contributed by atoms with Crippen LogP contribution in [0.2, 0.25) is 5.02 Å². The highest BCUT2D eigenvalue weighted by molar-refractivity contribution is 6.36. The molecule has 0 aliphatic heterocycles. The van der Waals surface area contributed by atoms with Crippen LogP contribution in [0.3, 0.4) is 0 Å². The Kier molecular flexibility index (Phi) is 12.5. The molecule has 1 aromatic heterocycles. The number of anilines is 3. The number of Topliss-reactive ketones (excluding diaryl/α,β-unsaturated/α-hetero) is 1. The lowest BCUT2D eigenvalue weighted by molar-refractivity contribution is -0.154. The van der Waals surface area contributed by atoms with E-state index in [-0.39, 0.29) is 42.8 Å². The Morgan fingerprint density at radius 1 is 0.923 bits per heavy atom. The van der Waals surface area contributed by atoms with E-state index in [1.807, 2.05) is 12.1 Å². The summed E-state index contributed by atoms with van der Waals surface area (Å²) in [6.07, 6.45) is 2.94. The fraction of sp³-hybridized carbons (Fsp3) is 0.457. The van der Waals surface area contributed by atoms with E-state index in [4.69, 9.17) is 16.3 Å². The number of nitrogens with one attached hydrogen (secondary N) is 4. The van der Waals surface area contributed by atoms with Crippen molar-refractivity contribution >= 4 is 52.8 Å². The third-order valence-electron chi connectivity index (χ3n) is 8.91. The van der Waals surface area contributed by atoms with Crippen LogP contribution in [0.25, 0.3) is 0 Å². The molecule has 0 radical (unpaired) electrons. The summed E-state index contributed by atoms with van der Waals surface area (Å²) in [7, 11) is 0. The van der Waals surface area contributed by atoms with Crippen LogP contribution in [0.4, 0.5) is 30.8 Å². The number of aliphatic carboxylic acids is 1. The minimum Gasteiger partial charge on any atom is -0.480 e. The minimum absolute atomic E-state index is 0.0296. The summed E-state index contributed by atoms with van der Waals surface area (Å²) in [6, 6.07) is 10.9. The summed E-state index contributed by atoms with van der Waals surface area (Å²) in [5.41, 5.74) is 0.791. The zero-order valence-electron chi connectivity index (χ0n) is 28.1. The van der Waals surface area contributed by atoms with Crippen LogP contribution in [0.15, 0.2) is 48.5 Å². The fourth-order valence-electron chi connectivity index (χ4n) is 5.96. The van der Waals surface area contributed by atoms with Crippen LogP contribution in [0, 0.1) is 5.92 Å². The maximum atomic E-state index is 12.9. The van der Waals surface area contributed by atoms with Gasteiger partial charge in [-0.1, -0.05) is 62.3 Å². The van der Waals surface area contributed by atoms with E-state index >= 15 is 0 Å². The van der Waals surface area contributed by atoms with Gasteiger partial charge in [0, 0.05) is 29.2 Å². The first-order chi connectivity index (χ1) is 24.8. The van der Waals surface area contributed by atoms with Gasteiger partial charge >= 0.3 is 18.2 Å². The molecule has 2 aromatic carbocycles. The van der Waals surface area contributed by atoms with E-state index in [1.54, 1.807) is 12.1 Å². The normalized spacial score (nSPS) is 16.2. The predicted molar refractivity (Wildman–Crippen MR) is 184 cm³/mol. The van der Waals surface area contributed by atoms with Crippen LogP contribution in [0.5, 0.6) is 6.01 Å². The van der Waals surface area contributed by atoms with Crippen molar-refractivity contribution in [2.75, 3.05) is 23.8 Å². The molecule has 2 aliphatic carbocycles. The molecule has 2 fully saturated rings. The van der Waals surface area contributed by atoms with Gasteiger partial charge in [0.2, 0.25) is 17.7 Å². The van der Waals surface area contributed by atoms with E-state index in [0.717, 1.165) is 44.1 Å². The second-order valence-corrected chi connectivity index (χ2v) is 13.4. The average molecular weight is 746 g/mol. The maximum absolute atomic E-state index is 12.9. The number of carbonyl (C=O) groups is 4. The molecule has 1 heterocycles. The molecule has 13 nitrogen and oxygen atoms in total. The number of ether oxygens (including phenoxy) is 1. The molecule has 2 saturated carbocycles. The molecular weight excluding hydrogens is 707 g/mol. The van der Waals surface area contributed by atoms with E-state index in [1.165, 1.54) is 24.3 Å². The van der Waals surface area contributed by atoms with Crippen LogP contribution in [-0.2, 0) is 19.9 Å². The monoisotopic (exact) mass is 745 g/mol. The Balaban J connectivity index is 1.18. The Morgan fingerprint density at radius 3 is 2.19 bits per heavy atom. The number of benzene rings is 2. The summed E-state index contributed by atoms with van der Waals surface area (Å²) in [5.74, 6) is -3.32. The zero-order chi connectivity index (χ0) is 37.3. The lowest BCUT2D eigenvalue weighted by Gasteiger charge is -2.19. The van der Waals surface area contributed by atoms with Gasteiger partial charge in [-0.2, -0.15) is 28.1 Å². The Hall–Kier alpha value is -4.99. The third kappa shape index (κ3) is 11.3. The lowest BCUT2D eigenvalue weighted by Crippen LogP contribution is -2.43. The van der Waals surface area contributed by atoms with Gasteiger partial charge in [0.25, 0.3) is 11.8 Å². The van der Waals surface area contributed by atoms with Crippen molar-refractivity contribution < 1.29 is 42.2 Å². The smallest absolute Gasteiger partial charge is 0.422 e. The van der Waals surface area contributed by atoms with Crippen LogP contribution >= 0.6 is 11.6 Å². The summed E-state index contributed by atoms with van der Waals surface area (Å²) < 4.78 is 43.6. The number of nitrogens with zero attached hydrogens (tertiary/aromatic N) is 3. The molecule has 1 atom stereocenters. The highest BCUT2D eigenvalue weighted by atomic mass is 35.5. The number of carboxylic acid groups (broad SMARTS) is 1. The Labute approximate surface area is 302 Å². The van der Waals surface area contributed by atoms with Crippen molar-refractivity contribution in [1.29, 1.82) is 0 Å². The molecule has 278 valence electrons. The molecule has 5 rings (SSSR count). The predicted octanol–water partition coefficient (Wildman–Crippen LogP) is 5.93. The first-order valence-electron chi connectivity index (χ1n) is 17.0. The molecule has 2 amide bonds. The van der Waals surface area contributed by atoms with Crippen molar-refractivity contribution in [2.45, 2.75) is 82.0 Å². The first kappa shape index (κ1) is 38.2. The van der Waals surface area contributed by atoms with Crippen LogP contribution in [0.1, 0.15) is 80.1 Å². The number of amides is 2. The van der Waals surface area contributed by atoms with Crippen molar-refractivity contribution in [2.24, 2.45) is 5.92 Å². The largest absolute Gasteiger partial charge is 0.480 e. The lowest BCUT2D eigenvalue weighted by atomic mass is 9.94. The number of alkyl halides is 3. The summed E-state index contributed by atoms with van der Waals surface area (Å²) in [6.45, 7) is -1.75. The molecule has 0 spiro atoms. The molecular formula is C35H39ClF3N7O6. The van der Waals surface area contributed by atoms with E-state index in [2.05, 4.69) is 36.2 Å². The molecule has 0 unspecified atom stereocenters. The topological polar surface area (TPSA) is 185 Å². The van der Waals surface area contributed by atoms with Crippen molar-refractivity contribution in [3.05, 3.63) is 64.7 Å². The number of hydrogen-bond acceptors (Lipinski definition) is 10. The second kappa shape index (κ2) is 17.0. The molecule has 0 bridgehead atoms. The van der Waals surface area contributed by atoms with E-state index in [9.17, 15) is 37.5 Å². The van der Waals surface area contributed by atoms with Crippen molar-refractivity contribution in [3.63, 3.8) is 0 Å². The van der Waals surface area contributed by atoms with E-state index < -0.39 is 53.9 Å². The molecule has 52 heavy (non-hydrogen) atoms. The number of carboxylic acids is 1. The second-order valence-electron chi connectivity index (χ2n) is 13.0. The molecule has 0 saturated heterocycles. The van der Waals surface area contributed by atoms with Gasteiger partial charge in [-0.25, -0.2) is 4.79 Å². The Bertz CT molecular complexity index is 1730. The minimum atomic E-state index is -4.63. The van der Waals surface area contributed by atoms with Crippen molar-refractivity contribution in [1.82, 2.24) is 25.6 Å². The highest BCUT2D eigenvalue weighted by Gasteiger charge is 2.45. The molecule has 17 heteroatoms. The number of ketones is 1. The number of hydrogen-bond donors (Lipinski definition) is 5. The molecule has 2 aliphatic rings. The van der Waals surface area contributed by atoms with Gasteiger partial charge in [-0.05, 0) is 67.1 Å². The highest BCUT2D eigenvalue weighted by Crippen LogP contribution is 2.48. The summed E-state index contributed by atoms with van der Waals surface area (Å²) in [4.78, 5) is 61.8. The molecule has 3 aromatic rings. The Morgan fingerprint density at radius 2 is 1.58 bits per heavy atom. The number of carbonyl (C=O) groups excluding carboxylic acids is 3. The van der Waals surface area contributed by atoms with Gasteiger partial charge in [0.15, 0.2) is 6.61 Å². The van der Waals surface area contributed by atoms with Gasteiger partial charge in [-0.15, -0.1) is 0 Å². The fourth-order valence-corrected chi connectivity index (χ4v) is 6.08. The standard InChI is InChI=1S/C35H39ClF3N7O6/c36-24-11-9-23(10-12-24)34(16-17-34)46-32-43-31(44-33(45-32)52-20-35(37,38)39)41-25-13-7-22(8-14-25)28(48)42-26(30(50)51)15-18-40-29(49)27(47)19-21-5-3-1-2-4-6-21/h7-14,21,26H,1-6,15-20H2,(H,40,49)(H,42,48)(H,50,51)(H2,41,43,44,45,46)/t26-/m0/s1. The van der Waals surface area contributed by atoms with Crippen molar-refractivity contribution in [3.8, 4) is 6.01 Å².